The highest BCUT2D eigenvalue weighted by Crippen LogP contribution is 2.67. The van der Waals surface area contributed by atoms with Gasteiger partial charge in [0.2, 0.25) is 0 Å². The van der Waals surface area contributed by atoms with E-state index in [1.165, 1.54) is 57.8 Å². The monoisotopic (exact) mass is 555 g/mol. The van der Waals surface area contributed by atoms with Crippen LogP contribution >= 0.6 is 0 Å². The van der Waals surface area contributed by atoms with E-state index in [4.69, 9.17) is 9.47 Å². The molecule has 5 aliphatic rings. The second-order valence-corrected chi connectivity index (χ2v) is 15.5. The van der Waals surface area contributed by atoms with E-state index >= 15 is 0 Å². The van der Waals surface area contributed by atoms with Crippen LogP contribution in [0.1, 0.15) is 119 Å². The van der Waals surface area contributed by atoms with Gasteiger partial charge in [-0.15, -0.1) is 0 Å². The van der Waals surface area contributed by atoms with Crippen LogP contribution in [0, 0.1) is 52.3 Å². The highest BCUT2D eigenvalue weighted by Gasteiger charge is 2.59. The van der Waals surface area contributed by atoms with Gasteiger partial charge >= 0.3 is 5.97 Å². The molecule has 0 N–H and O–H groups in total. The van der Waals surface area contributed by atoms with Gasteiger partial charge in [-0.2, -0.15) is 0 Å². The molecule has 1 saturated heterocycles. The highest BCUT2D eigenvalue weighted by atomic mass is 16.5. The normalized spacial score (nSPS) is 39.6. The van der Waals surface area contributed by atoms with Crippen LogP contribution in [0.15, 0.2) is 11.6 Å². The van der Waals surface area contributed by atoms with Crippen LogP contribution in [-0.4, -0.2) is 49.8 Å². The maximum Gasteiger partial charge on any atom is 0.307 e. The Balaban J connectivity index is 1.17. The lowest BCUT2D eigenvalue weighted by Crippen LogP contribution is -2.51. The molecule has 0 bridgehead atoms. The van der Waals surface area contributed by atoms with Gasteiger partial charge in [-0.25, -0.2) is 0 Å². The Morgan fingerprint density at radius 3 is 2.55 bits per heavy atom. The summed E-state index contributed by atoms with van der Waals surface area (Å²) in [5.74, 6) is 6.05. The zero-order chi connectivity index (χ0) is 28.5. The molecular weight excluding hydrogens is 494 g/mol. The number of morpholine rings is 1. The highest BCUT2D eigenvalue weighted by molar-refractivity contribution is 5.69. The Morgan fingerprint density at radius 2 is 1.82 bits per heavy atom. The van der Waals surface area contributed by atoms with Gasteiger partial charge in [0.1, 0.15) is 6.10 Å². The van der Waals surface area contributed by atoms with Crippen molar-refractivity contribution in [3.8, 4) is 0 Å². The van der Waals surface area contributed by atoms with Gasteiger partial charge in [0.15, 0.2) is 0 Å². The number of fused-ring (bicyclic) bond motifs is 5. The molecule has 5 rings (SSSR count). The van der Waals surface area contributed by atoms with Gasteiger partial charge in [-0.1, -0.05) is 66.0 Å². The third-order valence-electron chi connectivity index (χ3n) is 13.3. The molecule has 0 spiro atoms. The fourth-order valence-electron chi connectivity index (χ4n) is 10.7. The van der Waals surface area contributed by atoms with Crippen molar-refractivity contribution in [1.29, 1.82) is 0 Å². The van der Waals surface area contributed by atoms with Crippen molar-refractivity contribution in [2.75, 3.05) is 32.8 Å². The number of rotatable bonds is 10. The molecule has 0 aromatic heterocycles. The van der Waals surface area contributed by atoms with Crippen molar-refractivity contribution < 1.29 is 14.3 Å². The number of esters is 1. The molecule has 0 radical (unpaired) electrons. The number of allylic oxidation sites excluding steroid dienone is 1. The predicted molar refractivity (Wildman–Crippen MR) is 164 cm³/mol. The molecule has 0 amide bonds. The van der Waals surface area contributed by atoms with E-state index in [0.717, 1.165) is 87.1 Å². The van der Waals surface area contributed by atoms with Crippen molar-refractivity contribution in [2.24, 2.45) is 52.3 Å². The number of hydrogen-bond donors (Lipinski definition) is 0. The van der Waals surface area contributed by atoms with Crippen LogP contribution in [0.2, 0.25) is 0 Å². The molecule has 4 fully saturated rings. The Hall–Kier alpha value is -0.870. The van der Waals surface area contributed by atoms with Gasteiger partial charge in [0, 0.05) is 26.1 Å². The fourth-order valence-corrected chi connectivity index (χ4v) is 10.7. The molecule has 1 aliphatic heterocycles. The number of nitrogens with zero attached hydrogens (tertiary/aromatic N) is 1. The van der Waals surface area contributed by atoms with E-state index in [0.29, 0.717) is 17.3 Å². The summed E-state index contributed by atoms with van der Waals surface area (Å²) in [4.78, 5) is 15.0. The van der Waals surface area contributed by atoms with E-state index in [1.54, 1.807) is 5.57 Å². The molecule has 1 heterocycles. The maximum absolute atomic E-state index is 12.7. The first-order valence-electron chi connectivity index (χ1n) is 17.3. The van der Waals surface area contributed by atoms with E-state index in [2.05, 4.69) is 52.5 Å². The first-order valence-corrected chi connectivity index (χ1v) is 17.3. The minimum atomic E-state index is -0.00687. The maximum atomic E-state index is 12.7. The van der Waals surface area contributed by atoms with Crippen LogP contribution in [0.25, 0.3) is 0 Å². The minimum absolute atomic E-state index is 0.00687. The Kier molecular flexibility index (Phi) is 9.77. The van der Waals surface area contributed by atoms with Crippen LogP contribution in [0.4, 0.5) is 0 Å². The van der Waals surface area contributed by atoms with Gasteiger partial charge in [-0.05, 0) is 104 Å². The Morgan fingerprint density at radius 1 is 1.05 bits per heavy atom. The summed E-state index contributed by atoms with van der Waals surface area (Å²) in [6.07, 6.45) is 17.6. The second-order valence-electron chi connectivity index (χ2n) is 15.5. The number of carbonyl (C=O) groups is 1. The SMILES string of the molecule is CC[C@H](CC[C@@H](C)C1CCC2[C@@H]3CC=C4C[C@@H](OC(=O)CCN5CCOCC5)CC[C@]4(C)C3CC[C@@]21C)C(C)C. The molecule has 4 nitrogen and oxygen atoms in total. The summed E-state index contributed by atoms with van der Waals surface area (Å²) in [7, 11) is 0. The molecule has 3 saturated carbocycles. The molecule has 0 aromatic rings. The van der Waals surface area contributed by atoms with Gasteiger partial charge in [-0.3, -0.25) is 9.69 Å². The van der Waals surface area contributed by atoms with Crippen molar-refractivity contribution in [3.05, 3.63) is 11.6 Å². The standard InChI is InChI=1S/C36H61NO3/c1-7-27(25(2)3)9-8-26(4)31-12-13-32-30-11-10-28-24-29(40-34(38)16-19-37-20-22-39-23-21-37)14-17-35(28,5)33(30)15-18-36(31,32)6/h10,25-27,29-33H,7-9,11-24H2,1-6H3/t26-,27-,29+,30+,31?,32?,33?,35+,36-/m1/s1. The quantitative estimate of drug-likeness (QED) is 0.201. The van der Waals surface area contributed by atoms with E-state index < -0.39 is 0 Å². The summed E-state index contributed by atoms with van der Waals surface area (Å²) < 4.78 is 11.5. The second kappa shape index (κ2) is 12.8. The molecule has 0 aromatic carbocycles. The molecular formula is C36H61NO3. The van der Waals surface area contributed by atoms with E-state index in [9.17, 15) is 4.79 Å². The Labute approximate surface area is 246 Å². The topological polar surface area (TPSA) is 38.8 Å². The first kappa shape index (κ1) is 30.6. The summed E-state index contributed by atoms with van der Waals surface area (Å²) in [5, 5.41) is 0. The minimum Gasteiger partial charge on any atom is -0.462 e. The van der Waals surface area contributed by atoms with Crippen molar-refractivity contribution in [2.45, 2.75) is 125 Å². The summed E-state index contributed by atoms with van der Waals surface area (Å²) in [6, 6.07) is 0. The molecule has 40 heavy (non-hydrogen) atoms. The van der Waals surface area contributed by atoms with Crippen LogP contribution in [0.5, 0.6) is 0 Å². The van der Waals surface area contributed by atoms with Gasteiger partial charge < -0.3 is 9.47 Å². The smallest absolute Gasteiger partial charge is 0.307 e. The third kappa shape index (κ3) is 6.10. The molecule has 3 unspecified atom stereocenters. The van der Waals surface area contributed by atoms with Crippen molar-refractivity contribution in [3.63, 3.8) is 0 Å². The van der Waals surface area contributed by atoms with Crippen molar-refractivity contribution in [1.82, 2.24) is 4.90 Å². The van der Waals surface area contributed by atoms with Crippen molar-refractivity contribution >= 4 is 5.97 Å². The largest absolute Gasteiger partial charge is 0.462 e. The lowest BCUT2D eigenvalue weighted by molar-refractivity contribution is -0.152. The lowest BCUT2D eigenvalue weighted by Gasteiger charge is -2.58. The predicted octanol–water partition coefficient (Wildman–Crippen LogP) is 8.30. The summed E-state index contributed by atoms with van der Waals surface area (Å²) >= 11 is 0. The fraction of sp³-hybridized carbons (Fsp3) is 0.917. The molecule has 4 aliphatic carbocycles. The van der Waals surface area contributed by atoms with Gasteiger partial charge in [0.25, 0.3) is 0 Å². The summed E-state index contributed by atoms with van der Waals surface area (Å²) in [6.45, 7) is 19.3. The lowest BCUT2D eigenvalue weighted by atomic mass is 9.47. The number of carbonyl (C=O) groups excluding carboxylic acids is 1. The number of ether oxygens (including phenoxy) is 2. The number of hydrogen-bond acceptors (Lipinski definition) is 4. The molecule has 228 valence electrons. The summed E-state index contributed by atoms with van der Waals surface area (Å²) in [5.41, 5.74) is 2.47. The van der Waals surface area contributed by atoms with Crippen LogP contribution < -0.4 is 0 Å². The average molecular weight is 556 g/mol. The Bertz CT molecular complexity index is 892. The zero-order valence-corrected chi connectivity index (χ0v) is 26.9. The van der Waals surface area contributed by atoms with Crippen LogP contribution in [0.3, 0.4) is 0 Å². The van der Waals surface area contributed by atoms with E-state index in [1.807, 2.05) is 0 Å². The first-order chi connectivity index (χ1) is 19.2. The molecule has 9 atom stereocenters. The zero-order valence-electron chi connectivity index (χ0n) is 26.9. The van der Waals surface area contributed by atoms with Gasteiger partial charge in [0.05, 0.1) is 19.6 Å². The third-order valence-corrected chi connectivity index (χ3v) is 13.3. The average Bonchev–Trinajstić information content (AvgIpc) is 3.30. The molecule has 4 heteroatoms. The van der Waals surface area contributed by atoms with E-state index in [-0.39, 0.29) is 12.1 Å². The van der Waals surface area contributed by atoms with Crippen LogP contribution in [-0.2, 0) is 14.3 Å².